The van der Waals surface area contributed by atoms with Crippen LogP contribution < -0.4 is 0 Å². The van der Waals surface area contributed by atoms with Crippen LogP contribution in [0.3, 0.4) is 0 Å². The van der Waals surface area contributed by atoms with E-state index in [1.807, 2.05) is 109 Å². The quantitative estimate of drug-likeness (QED) is 0.175. The summed E-state index contributed by atoms with van der Waals surface area (Å²) in [6.45, 7) is 0. The zero-order valence-electron chi connectivity index (χ0n) is 20.9. The van der Waals surface area contributed by atoms with E-state index in [9.17, 15) is 0 Å². The predicted octanol–water partition coefficient (Wildman–Crippen LogP) is 8.48. The van der Waals surface area contributed by atoms with Gasteiger partial charge in [0.1, 0.15) is 0 Å². The summed E-state index contributed by atoms with van der Waals surface area (Å²) in [5, 5.41) is 0. The van der Waals surface area contributed by atoms with E-state index in [4.69, 9.17) is 29.1 Å². The van der Waals surface area contributed by atoms with Crippen molar-refractivity contribution < 1.29 is 13.0 Å². The van der Waals surface area contributed by atoms with Gasteiger partial charge in [0.2, 0.25) is 0 Å². The molecule has 6 heterocycles. The van der Waals surface area contributed by atoms with Gasteiger partial charge in [-0.1, -0.05) is 36.4 Å². The van der Waals surface area contributed by atoms with Crippen LogP contribution in [0, 0.1) is 0 Å². The number of nitrogens with zero attached hydrogens (tertiary/aromatic N) is 6. The summed E-state index contributed by atoms with van der Waals surface area (Å²) in [5.41, 5.74) is 6.92. The van der Waals surface area contributed by atoms with Gasteiger partial charge in [0, 0.05) is 24.8 Å². The summed E-state index contributed by atoms with van der Waals surface area (Å²) >= 11 is -1.75. The Morgan fingerprint density at radius 3 is 0.750 bits per heavy atom. The molecule has 201 valence electrons. The van der Waals surface area contributed by atoms with Crippen molar-refractivity contribution in [1.82, 2.24) is 29.9 Å². The molecule has 0 saturated heterocycles. The average Bonchev–Trinajstić information content (AvgIpc) is 3.03. The molecular formula is C30H22Cl3N6Ru. The van der Waals surface area contributed by atoms with Gasteiger partial charge in [0.05, 0.1) is 45.6 Å². The molecule has 0 bridgehead atoms. The minimum absolute atomic E-state index is 0.860. The van der Waals surface area contributed by atoms with Gasteiger partial charge in [-0.15, -0.1) is 0 Å². The Morgan fingerprint density at radius 2 is 0.550 bits per heavy atom. The molecule has 6 aromatic rings. The van der Waals surface area contributed by atoms with Gasteiger partial charge in [0.15, 0.2) is 0 Å². The fraction of sp³-hybridized carbons (Fsp3) is 0. The topological polar surface area (TPSA) is 77.3 Å². The molecule has 0 fully saturated rings. The molecule has 6 aromatic heterocycles. The van der Waals surface area contributed by atoms with Crippen molar-refractivity contribution >= 4 is 29.1 Å². The molecule has 6 rings (SSSR count). The Balaban J connectivity index is 0.000000164. The Labute approximate surface area is 250 Å². The fourth-order valence-corrected chi connectivity index (χ4v) is 3.50. The van der Waals surface area contributed by atoms with Crippen LogP contribution in [0.25, 0.3) is 45.6 Å². The molecule has 0 aliphatic heterocycles. The third-order valence-electron chi connectivity index (χ3n) is 5.21. The second-order valence-corrected chi connectivity index (χ2v) is 15.7. The van der Waals surface area contributed by atoms with Crippen LogP contribution in [0.15, 0.2) is 134 Å². The first kappa shape index (κ1) is 29.4. The van der Waals surface area contributed by atoms with E-state index in [-0.39, 0.29) is 0 Å². The maximum atomic E-state index is 4.95. The molecule has 0 aliphatic carbocycles. The summed E-state index contributed by atoms with van der Waals surface area (Å²) in [5.74, 6) is 0. The Bertz CT molecular complexity index is 1350. The predicted molar refractivity (Wildman–Crippen MR) is 159 cm³/mol. The molecule has 0 saturated carbocycles. The Morgan fingerprint density at radius 1 is 0.325 bits per heavy atom. The summed E-state index contributed by atoms with van der Waals surface area (Å²) in [7, 11) is 14.8. The van der Waals surface area contributed by atoms with E-state index in [2.05, 4.69) is 29.9 Å². The monoisotopic (exact) mass is 673 g/mol. The van der Waals surface area contributed by atoms with Crippen LogP contribution in [0.2, 0.25) is 0 Å². The number of halogens is 3. The van der Waals surface area contributed by atoms with Crippen molar-refractivity contribution in [1.29, 1.82) is 0 Å². The van der Waals surface area contributed by atoms with Gasteiger partial charge in [-0.2, -0.15) is 0 Å². The van der Waals surface area contributed by atoms with Crippen LogP contribution in [0.5, 0.6) is 0 Å². The molecule has 0 spiro atoms. The largest absolute Gasteiger partial charge is 0.255 e. The van der Waals surface area contributed by atoms with E-state index in [1.54, 1.807) is 24.8 Å². The van der Waals surface area contributed by atoms with E-state index < -0.39 is 13.0 Å². The zero-order valence-corrected chi connectivity index (χ0v) is 24.9. The maximum Gasteiger partial charge on any atom is 0.0894 e. The minimum atomic E-state index is -1.75. The van der Waals surface area contributed by atoms with Crippen molar-refractivity contribution in [2.45, 2.75) is 0 Å². The van der Waals surface area contributed by atoms with Crippen molar-refractivity contribution in [2.75, 3.05) is 0 Å². The summed E-state index contributed by atoms with van der Waals surface area (Å²) in [6.07, 6.45) is 7.07. The van der Waals surface area contributed by atoms with Gasteiger partial charge in [-0.05, 0) is 72.8 Å². The van der Waals surface area contributed by atoms with Crippen molar-refractivity contribution in [2.24, 2.45) is 0 Å². The molecule has 0 atom stereocenters. The number of hydrogen-bond donors (Lipinski definition) is 0. The van der Waals surface area contributed by atoms with Gasteiger partial charge in [0.25, 0.3) is 0 Å². The first-order valence-electron chi connectivity index (χ1n) is 11.9. The van der Waals surface area contributed by atoms with Crippen LogP contribution in [0.1, 0.15) is 0 Å². The second kappa shape index (κ2) is 15.9. The van der Waals surface area contributed by atoms with E-state index in [0.717, 1.165) is 45.6 Å². The number of hydrogen-bond acceptors (Lipinski definition) is 6. The third kappa shape index (κ3) is 9.25. The molecule has 0 amide bonds. The molecular weight excluding hydrogens is 652 g/mol. The zero-order chi connectivity index (χ0) is 28.0. The van der Waals surface area contributed by atoms with Crippen LogP contribution >= 0.6 is 29.1 Å². The third-order valence-corrected chi connectivity index (χ3v) is 5.21. The van der Waals surface area contributed by atoms with E-state index in [0.29, 0.717) is 0 Å². The van der Waals surface area contributed by atoms with Crippen LogP contribution in [-0.2, 0) is 13.0 Å². The van der Waals surface area contributed by atoms with Gasteiger partial charge in [-0.25, -0.2) is 9.97 Å². The average molecular weight is 674 g/mol. The molecule has 0 aliphatic rings. The summed E-state index contributed by atoms with van der Waals surface area (Å²) in [6, 6.07) is 35.0. The first-order valence-corrected chi connectivity index (χ1v) is 18.6. The van der Waals surface area contributed by atoms with Crippen LogP contribution in [-0.4, -0.2) is 29.9 Å². The van der Waals surface area contributed by atoms with Crippen LogP contribution in [0.4, 0.5) is 0 Å². The van der Waals surface area contributed by atoms with E-state index >= 15 is 0 Å². The van der Waals surface area contributed by atoms with Crippen molar-refractivity contribution in [3.05, 3.63) is 134 Å². The molecule has 0 aromatic carbocycles. The molecule has 0 unspecified atom stereocenters. The minimum Gasteiger partial charge on any atom is -0.255 e. The Hall–Kier alpha value is -3.61. The molecule has 6 nitrogen and oxygen atoms in total. The molecule has 0 radical (unpaired) electrons. The molecule has 0 N–H and O–H groups in total. The normalized spacial score (nSPS) is 10.3. The number of aromatic nitrogens is 6. The number of rotatable bonds is 4. The van der Waals surface area contributed by atoms with Gasteiger partial charge < -0.3 is 0 Å². The molecule has 10 heteroatoms. The van der Waals surface area contributed by atoms with Gasteiger partial charge >= 0.3 is 42.1 Å². The summed E-state index contributed by atoms with van der Waals surface area (Å²) in [4.78, 5) is 26.4. The molecule has 40 heavy (non-hydrogen) atoms. The fourth-order valence-electron chi connectivity index (χ4n) is 3.50. The number of pyridine rings is 6. The SMILES string of the molecule is [Cl][Ru]([Cl])[Cl].c1ccc(-c2cccc(-c3ccccn3)n2)nc1.c1ccc(-c2cccc(-c3ccccn3)n2)nc1. The second-order valence-electron chi connectivity index (χ2n) is 7.83. The van der Waals surface area contributed by atoms with E-state index in [1.165, 1.54) is 0 Å². The Kier molecular flexibility index (Phi) is 11.6. The van der Waals surface area contributed by atoms with Crippen molar-refractivity contribution in [3.8, 4) is 45.6 Å². The standard InChI is InChI=1S/2C15H11N3.3ClH.Ru/c2*1-3-10-16-12(6-1)14-8-5-9-15(18-14)13-7-2-4-11-17-13;;;;/h2*1-11H;3*1H;/q;;;;;+3/p-3. The maximum absolute atomic E-state index is 4.95. The summed E-state index contributed by atoms with van der Waals surface area (Å²) < 4.78 is 0. The first-order chi connectivity index (χ1) is 19.6. The van der Waals surface area contributed by atoms with Crippen molar-refractivity contribution in [3.63, 3.8) is 0 Å². The smallest absolute Gasteiger partial charge is 0.0894 e. The van der Waals surface area contributed by atoms with Gasteiger partial charge in [-0.3, -0.25) is 19.9 Å².